The summed E-state index contributed by atoms with van der Waals surface area (Å²) in [5.74, 6) is -1.18. The van der Waals surface area contributed by atoms with Crippen LogP contribution in [0.1, 0.15) is 21.1 Å². The minimum absolute atomic E-state index is 0.00769. The van der Waals surface area contributed by atoms with Crippen LogP contribution in [0.15, 0.2) is 47.8 Å². The van der Waals surface area contributed by atoms with Crippen LogP contribution in [-0.2, 0) is 17.8 Å². The second-order valence-electron chi connectivity index (χ2n) is 5.02. The summed E-state index contributed by atoms with van der Waals surface area (Å²) in [6.45, 7) is 0.238. The maximum atomic E-state index is 12.1. The van der Waals surface area contributed by atoms with Gasteiger partial charge in [0.25, 0.3) is 0 Å². The molecule has 0 bridgehead atoms. The van der Waals surface area contributed by atoms with Crippen molar-refractivity contribution in [2.24, 2.45) is 0 Å². The van der Waals surface area contributed by atoms with Gasteiger partial charge in [0.1, 0.15) is 5.01 Å². The van der Waals surface area contributed by atoms with Crippen LogP contribution in [0.4, 0.5) is 0 Å². The number of amides is 1. The van der Waals surface area contributed by atoms with Crippen LogP contribution in [0.25, 0.3) is 10.8 Å². The summed E-state index contributed by atoms with van der Waals surface area (Å²) in [6, 6.07) is 13.8. The molecule has 0 aliphatic rings. The number of nitrogens with zero attached hydrogens (tertiary/aromatic N) is 1. The van der Waals surface area contributed by atoms with Crippen LogP contribution < -0.4 is 5.32 Å². The van der Waals surface area contributed by atoms with Crippen molar-refractivity contribution in [2.75, 3.05) is 0 Å². The Balaban J connectivity index is 1.65. The van der Waals surface area contributed by atoms with Crippen LogP contribution in [0.2, 0.25) is 0 Å². The zero-order chi connectivity index (χ0) is 16.2. The first-order chi connectivity index (χ1) is 11.1. The van der Waals surface area contributed by atoms with E-state index in [4.69, 9.17) is 5.11 Å². The second kappa shape index (κ2) is 6.58. The topological polar surface area (TPSA) is 79.3 Å². The van der Waals surface area contributed by atoms with Crippen molar-refractivity contribution in [3.05, 3.63) is 64.1 Å². The summed E-state index contributed by atoms with van der Waals surface area (Å²) in [6.07, 6.45) is 0.276. The van der Waals surface area contributed by atoms with Crippen molar-refractivity contribution >= 4 is 34.0 Å². The van der Waals surface area contributed by atoms with E-state index in [2.05, 4.69) is 10.3 Å². The lowest BCUT2D eigenvalue weighted by atomic mass is 10.0. The molecule has 23 heavy (non-hydrogen) atoms. The Kier molecular flexibility index (Phi) is 4.34. The number of carbonyl (C=O) groups excluding carboxylic acids is 1. The lowest BCUT2D eigenvalue weighted by Gasteiger charge is -2.07. The van der Waals surface area contributed by atoms with E-state index in [1.165, 1.54) is 16.7 Å². The molecule has 0 atom stereocenters. The highest BCUT2D eigenvalue weighted by atomic mass is 32.1. The third-order valence-electron chi connectivity index (χ3n) is 3.44. The molecule has 0 aliphatic carbocycles. The number of carboxylic acids is 1. The summed E-state index contributed by atoms with van der Waals surface area (Å²) in [4.78, 5) is 26.8. The van der Waals surface area contributed by atoms with Crippen LogP contribution in [0, 0.1) is 0 Å². The quantitative estimate of drug-likeness (QED) is 0.755. The van der Waals surface area contributed by atoms with Gasteiger partial charge < -0.3 is 10.4 Å². The van der Waals surface area contributed by atoms with E-state index < -0.39 is 5.97 Å². The molecule has 116 valence electrons. The van der Waals surface area contributed by atoms with Gasteiger partial charge in [-0.3, -0.25) is 4.79 Å². The van der Waals surface area contributed by atoms with Gasteiger partial charge in [-0.25, -0.2) is 9.78 Å². The Morgan fingerprint density at radius 2 is 1.91 bits per heavy atom. The number of carboxylic acid groups (broad SMARTS) is 1. The third-order valence-corrected chi connectivity index (χ3v) is 4.29. The standard InChI is InChI=1S/C17H14N2O3S/c20-15(18-9-16-19-14(10-23-16)17(21)22)8-12-6-3-5-11-4-1-2-7-13(11)12/h1-7,10H,8-9H2,(H,18,20)(H,21,22). The van der Waals surface area contributed by atoms with E-state index in [1.54, 1.807) is 0 Å². The molecule has 3 aromatic rings. The molecule has 0 fully saturated rings. The van der Waals surface area contributed by atoms with Crippen LogP contribution in [-0.4, -0.2) is 22.0 Å². The Hall–Kier alpha value is -2.73. The molecule has 3 rings (SSSR count). The number of nitrogens with one attached hydrogen (secondary N) is 1. The molecule has 0 spiro atoms. The van der Waals surface area contributed by atoms with Gasteiger partial charge in [-0.05, 0) is 16.3 Å². The minimum atomic E-state index is -1.06. The maximum Gasteiger partial charge on any atom is 0.355 e. The van der Waals surface area contributed by atoms with Gasteiger partial charge in [0.2, 0.25) is 5.91 Å². The number of thiazole rings is 1. The van der Waals surface area contributed by atoms with Gasteiger partial charge in [-0.1, -0.05) is 42.5 Å². The summed E-state index contributed by atoms with van der Waals surface area (Å²) >= 11 is 1.22. The predicted octanol–water partition coefficient (Wildman–Crippen LogP) is 2.85. The molecular weight excluding hydrogens is 312 g/mol. The Bertz CT molecular complexity index is 868. The lowest BCUT2D eigenvalue weighted by molar-refractivity contribution is -0.120. The molecular formula is C17H14N2O3S. The number of hydrogen-bond acceptors (Lipinski definition) is 4. The molecule has 0 unspecified atom stereocenters. The molecule has 1 aromatic heterocycles. The largest absolute Gasteiger partial charge is 0.476 e. The normalized spacial score (nSPS) is 10.6. The van der Waals surface area contributed by atoms with Gasteiger partial charge in [0, 0.05) is 5.38 Å². The molecule has 1 heterocycles. The highest BCUT2D eigenvalue weighted by molar-refractivity contribution is 7.09. The molecule has 0 radical (unpaired) electrons. The Morgan fingerprint density at radius 1 is 1.13 bits per heavy atom. The van der Waals surface area contributed by atoms with Crippen molar-refractivity contribution in [2.45, 2.75) is 13.0 Å². The fourth-order valence-electron chi connectivity index (χ4n) is 2.35. The number of rotatable bonds is 5. The number of carbonyl (C=O) groups is 2. The van der Waals surface area contributed by atoms with Crippen LogP contribution >= 0.6 is 11.3 Å². The van der Waals surface area contributed by atoms with E-state index >= 15 is 0 Å². The monoisotopic (exact) mass is 326 g/mol. The van der Waals surface area contributed by atoms with E-state index in [9.17, 15) is 9.59 Å². The molecule has 0 saturated carbocycles. The number of benzene rings is 2. The van der Waals surface area contributed by atoms with Crippen molar-refractivity contribution in [1.29, 1.82) is 0 Å². The van der Waals surface area contributed by atoms with Crippen molar-refractivity contribution in [3.63, 3.8) is 0 Å². The number of fused-ring (bicyclic) bond motifs is 1. The summed E-state index contributed by atoms with van der Waals surface area (Å²) in [7, 11) is 0. The van der Waals surface area contributed by atoms with Gasteiger partial charge in [0.05, 0.1) is 13.0 Å². The SMILES string of the molecule is O=C(Cc1cccc2ccccc12)NCc1nc(C(=O)O)cs1. The van der Waals surface area contributed by atoms with Gasteiger partial charge in [-0.2, -0.15) is 0 Å². The molecule has 2 aromatic carbocycles. The highest BCUT2D eigenvalue weighted by Crippen LogP contribution is 2.19. The van der Waals surface area contributed by atoms with Crippen molar-refractivity contribution < 1.29 is 14.7 Å². The fourth-order valence-corrected chi connectivity index (χ4v) is 3.05. The molecule has 1 amide bonds. The molecule has 6 heteroatoms. The highest BCUT2D eigenvalue weighted by Gasteiger charge is 2.10. The minimum Gasteiger partial charge on any atom is -0.476 e. The average Bonchev–Trinajstić information content (AvgIpc) is 3.03. The third kappa shape index (κ3) is 3.54. The average molecular weight is 326 g/mol. The fraction of sp³-hybridized carbons (Fsp3) is 0.118. The molecule has 2 N–H and O–H groups in total. The zero-order valence-corrected chi connectivity index (χ0v) is 13.0. The second-order valence-corrected chi connectivity index (χ2v) is 5.97. The first kappa shape index (κ1) is 15.2. The van der Waals surface area contributed by atoms with E-state index in [1.807, 2.05) is 42.5 Å². The van der Waals surface area contributed by atoms with Crippen molar-refractivity contribution in [3.8, 4) is 0 Å². The van der Waals surface area contributed by atoms with E-state index in [0.717, 1.165) is 16.3 Å². The lowest BCUT2D eigenvalue weighted by Crippen LogP contribution is -2.24. The first-order valence-electron chi connectivity index (χ1n) is 7.04. The Labute approximate surface area is 136 Å². The maximum absolute atomic E-state index is 12.1. The molecule has 0 aliphatic heterocycles. The van der Waals surface area contributed by atoms with Gasteiger partial charge in [-0.15, -0.1) is 11.3 Å². The van der Waals surface area contributed by atoms with Gasteiger partial charge >= 0.3 is 5.97 Å². The molecule has 0 saturated heterocycles. The smallest absolute Gasteiger partial charge is 0.355 e. The predicted molar refractivity (Wildman–Crippen MR) is 88.6 cm³/mol. The summed E-state index contributed by atoms with van der Waals surface area (Å²) in [5, 5.41) is 15.8. The summed E-state index contributed by atoms with van der Waals surface area (Å²) in [5.41, 5.74) is 0.972. The summed E-state index contributed by atoms with van der Waals surface area (Å²) < 4.78 is 0. The molecule has 5 nitrogen and oxygen atoms in total. The van der Waals surface area contributed by atoms with Gasteiger partial charge in [0.15, 0.2) is 5.69 Å². The first-order valence-corrected chi connectivity index (χ1v) is 7.92. The van der Waals surface area contributed by atoms with E-state index in [-0.39, 0.29) is 24.6 Å². The number of hydrogen-bond donors (Lipinski definition) is 2. The van der Waals surface area contributed by atoms with Crippen LogP contribution in [0.5, 0.6) is 0 Å². The van der Waals surface area contributed by atoms with E-state index in [0.29, 0.717) is 5.01 Å². The van der Waals surface area contributed by atoms with Crippen LogP contribution in [0.3, 0.4) is 0 Å². The number of aromatic carboxylic acids is 1. The Morgan fingerprint density at radius 3 is 2.70 bits per heavy atom. The zero-order valence-electron chi connectivity index (χ0n) is 12.2. The van der Waals surface area contributed by atoms with Crippen molar-refractivity contribution in [1.82, 2.24) is 10.3 Å². The number of aromatic nitrogens is 1.